The van der Waals surface area contributed by atoms with E-state index in [1.807, 2.05) is 0 Å². The van der Waals surface area contributed by atoms with Crippen molar-refractivity contribution in [1.82, 2.24) is 14.8 Å². The largest absolute Gasteiger partial charge is 0.323 e. The number of para-hydroxylation sites is 1. The number of hydrogen-bond donors (Lipinski definition) is 2. The lowest BCUT2D eigenvalue weighted by Gasteiger charge is -2.22. The molecule has 20 heavy (non-hydrogen) atoms. The molecule has 3 rings (SSSR count). The van der Waals surface area contributed by atoms with Gasteiger partial charge >= 0.3 is 0 Å². The number of amides is 2. The third kappa shape index (κ3) is 2.23. The number of carbonyl (C=O) groups is 2. The average Bonchev–Trinajstić information content (AvgIpc) is 2.88. The maximum atomic E-state index is 12.3. The Morgan fingerprint density at radius 2 is 2.25 bits per heavy atom. The summed E-state index contributed by atoms with van der Waals surface area (Å²) in [6, 6.07) is 6.15. The first kappa shape index (κ1) is 12.6. The molecule has 0 saturated heterocycles. The maximum absolute atomic E-state index is 12.3. The summed E-state index contributed by atoms with van der Waals surface area (Å²) in [6.07, 6.45) is 1.29. The first-order chi connectivity index (χ1) is 9.65. The molecule has 1 aliphatic heterocycles. The van der Waals surface area contributed by atoms with E-state index in [1.54, 1.807) is 24.3 Å². The molecule has 1 aliphatic rings. The second-order valence-electron chi connectivity index (χ2n) is 4.27. The molecule has 2 N–H and O–H groups in total. The quantitative estimate of drug-likeness (QED) is 0.876. The Morgan fingerprint density at radius 1 is 1.45 bits per heavy atom. The molecule has 102 valence electrons. The van der Waals surface area contributed by atoms with Gasteiger partial charge in [-0.1, -0.05) is 23.7 Å². The summed E-state index contributed by atoms with van der Waals surface area (Å²) in [7, 11) is 0. The minimum atomic E-state index is -0.738. The Bertz CT molecular complexity index is 684. The minimum absolute atomic E-state index is 0.00659. The molecule has 0 fully saturated rings. The maximum Gasteiger partial charge on any atom is 0.249 e. The zero-order valence-corrected chi connectivity index (χ0v) is 11.0. The molecule has 0 unspecified atom stereocenters. The highest BCUT2D eigenvalue weighted by Crippen LogP contribution is 2.25. The van der Waals surface area contributed by atoms with E-state index in [4.69, 9.17) is 11.6 Å². The van der Waals surface area contributed by atoms with E-state index in [-0.39, 0.29) is 24.2 Å². The Balaban J connectivity index is 1.85. The van der Waals surface area contributed by atoms with Crippen molar-refractivity contribution in [3.63, 3.8) is 0 Å². The third-order valence-electron chi connectivity index (χ3n) is 2.93. The van der Waals surface area contributed by atoms with Crippen molar-refractivity contribution >= 4 is 35.1 Å². The number of fused-ring (bicyclic) bond motifs is 1. The number of benzene rings is 1. The van der Waals surface area contributed by atoms with Gasteiger partial charge in [0.15, 0.2) is 0 Å². The second kappa shape index (κ2) is 4.93. The van der Waals surface area contributed by atoms with Crippen LogP contribution in [0.15, 0.2) is 30.6 Å². The summed E-state index contributed by atoms with van der Waals surface area (Å²) < 4.78 is 1.38. The number of carbonyl (C=O) groups excluding carboxylic acids is 2. The van der Waals surface area contributed by atoms with E-state index in [0.717, 1.165) is 0 Å². The van der Waals surface area contributed by atoms with Crippen molar-refractivity contribution < 1.29 is 9.59 Å². The lowest BCUT2D eigenvalue weighted by molar-refractivity contribution is -0.125. The third-order valence-corrected chi connectivity index (χ3v) is 3.26. The van der Waals surface area contributed by atoms with E-state index in [2.05, 4.69) is 20.7 Å². The molecular weight excluding hydrogens is 282 g/mol. The van der Waals surface area contributed by atoms with Crippen LogP contribution in [0.25, 0.3) is 0 Å². The molecule has 0 spiro atoms. The minimum Gasteiger partial charge on any atom is -0.323 e. The fourth-order valence-corrected chi connectivity index (χ4v) is 2.17. The van der Waals surface area contributed by atoms with Gasteiger partial charge < -0.3 is 5.32 Å². The SMILES string of the molecule is O=C1C[C@H](C(=O)Nc2ccccc2Cl)n2ncnc2N1. The molecule has 1 atom stereocenters. The summed E-state index contributed by atoms with van der Waals surface area (Å²) in [5, 5.41) is 9.62. The number of aromatic nitrogens is 3. The van der Waals surface area contributed by atoms with Gasteiger partial charge in [0.05, 0.1) is 17.1 Å². The van der Waals surface area contributed by atoms with Gasteiger partial charge in [-0.25, -0.2) is 4.68 Å². The van der Waals surface area contributed by atoms with Crippen molar-refractivity contribution in [3.05, 3.63) is 35.6 Å². The van der Waals surface area contributed by atoms with Gasteiger partial charge in [0.25, 0.3) is 0 Å². The second-order valence-corrected chi connectivity index (χ2v) is 4.67. The van der Waals surface area contributed by atoms with Crippen LogP contribution in [0.1, 0.15) is 12.5 Å². The number of anilines is 2. The number of nitrogens with one attached hydrogen (secondary N) is 2. The monoisotopic (exact) mass is 291 g/mol. The van der Waals surface area contributed by atoms with Crippen LogP contribution in [0.2, 0.25) is 5.02 Å². The predicted octanol–water partition coefficient (Wildman–Crippen LogP) is 1.45. The summed E-state index contributed by atoms with van der Waals surface area (Å²) in [5.74, 6) is -0.370. The number of hydrogen-bond acceptors (Lipinski definition) is 4. The first-order valence-corrected chi connectivity index (χ1v) is 6.27. The van der Waals surface area contributed by atoms with Crippen molar-refractivity contribution in [3.8, 4) is 0 Å². The molecule has 2 aromatic rings. The van der Waals surface area contributed by atoms with Crippen LogP contribution in [-0.2, 0) is 9.59 Å². The molecule has 2 heterocycles. The smallest absolute Gasteiger partial charge is 0.249 e. The van der Waals surface area contributed by atoms with E-state index in [1.165, 1.54) is 11.0 Å². The predicted molar refractivity (Wildman–Crippen MR) is 72.4 cm³/mol. The zero-order valence-electron chi connectivity index (χ0n) is 10.2. The van der Waals surface area contributed by atoms with Gasteiger partial charge in [0, 0.05) is 0 Å². The van der Waals surface area contributed by atoms with Crippen LogP contribution in [0.5, 0.6) is 0 Å². The first-order valence-electron chi connectivity index (χ1n) is 5.90. The van der Waals surface area contributed by atoms with E-state index < -0.39 is 6.04 Å². The van der Waals surface area contributed by atoms with Crippen LogP contribution in [0, 0.1) is 0 Å². The van der Waals surface area contributed by atoms with E-state index in [9.17, 15) is 9.59 Å². The van der Waals surface area contributed by atoms with Crippen molar-refractivity contribution in [2.24, 2.45) is 0 Å². The Labute approximate surface area is 118 Å². The highest BCUT2D eigenvalue weighted by Gasteiger charge is 2.32. The standard InChI is InChI=1S/C12H10ClN5O2/c13-7-3-1-2-4-8(7)16-11(20)9-5-10(19)17-12-14-6-15-18(9)12/h1-4,6,9H,5H2,(H,16,20)(H,14,15,17,19)/t9-/m1/s1. The molecular formula is C12H10ClN5O2. The topological polar surface area (TPSA) is 88.9 Å². The number of halogens is 1. The van der Waals surface area contributed by atoms with Gasteiger partial charge in [0.1, 0.15) is 12.4 Å². The molecule has 0 bridgehead atoms. The van der Waals surface area contributed by atoms with Crippen molar-refractivity contribution in [2.75, 3.05) is 10.6 Å². The lowest BCUT2D eigenvalue weighted by Crippen LogP contribution is -2.36. The molecule has 8 heteroatoms. The highest BCUT2D eigenvalue weighted by molar-refractivity contribution is 6.33. The molecule has 0 saturated carbocycles. The average molecular weight is 292 g/mol. The van der Waals surface area contributed by atoms with Gasteiger partial charge in [-0.2, -0.15) is 10.1 Å². The fraction of sp³-hybridized carbons (Fsp3) is 0.167. The molecule has 0 radical (unpaired) electrons. The Morgan fingerprint density at radius 3 is 3.05 bits per heavy atom. The van der Waals surface area contributed by atoms with Crippen LogP contribution in [0.4, 0.5) is 11.6 Å². The molecule has 1 aromatic carbocycles. The lowest BCUT2D eigenvalue weighted by atomic mass is 10.1. The molecule has 1 aromatic heterocycles. The van der Waals surface area contributed by atoms with Crippen LogP contribution < -0.4 is 10.6 Å². The normalized spacial score (nSPS) is 17.2. The van der Waals surface area contributed by atoms with E-state index >= 15 is 0 Å². The Kier molecular flexibility index (Phi) is 3.11. The van der Waals surface area contributed by atoms with Crippen LogP contribution in [0.3, 0.4) is 0 Å². The molecule has 0 aliphatic carbocycles. The number of nitrogens with zero attached hydrogens (tertiary/aromatic N) is 3. The van der Waals surface area contributed by atoms with Crippen molar-refractivity contribution in [1.29, 1.82) is 0 Å². The van der Waals surface area contributed by atoms with Gasteiger partial charge in [-0.15, -0.1) is 0 Å². The van der Waals surface area contributed by atoms with Crippen LogP contribution >= 0.6 is 11.6 Å². The van der Waals surface area contributed by atoms with Gasteiger partial charge in [-0.3, -0.25) is 14.9 Å². The summed E-state index contributed by atoms with van der Waals surface area (Å²) in [5.41, 5.74) is 0.492. The van der Waals surface area contributed by atoms with Gasteiger partial charge in [0.2, 0.25) is 17.8 Å². The molecule has 7 nitrogen and oxygen atoms in total. The fourth-order valence-electron chi connectivity index (χ4n) is 1.99. The van der Waals surface area contributed by atoms with Crippen molar-refractivity contribution in [2.45, 2.75) is 12.5 Å². The summed E-state index contributed by atoms with van der Waals surface area (Å²) in [6.45, 7) is 0. The number of rotatable bonds is 2. The van der Waals surface area contributed by atoms with Gasteiger partial charge in [-0.05, 0) is 12.1 Å². The zero-order chi connectivity index (χ0) is 14.1. The Hall–Kier alpha value is -2.41. The van der Waals surface area contributed by atoms with E-state index in [0.29, 0.717) is 10.7 Å². The van der Waals surface area contributed by atoms with Crippen LogP contribution in [-0.4, -0.2) is 26.6 Å². The molecule has 2 amide bonds. The highest BCUT2D eigenvalue weighted by atomic mass is 35.5. The summed E-state index contributed by atoms with van der Waals surface area (Å²) >= 11 is 5.99. The summed E-state index contributed by atoms with van der Waals surface area (Å²) in [4.78, 5) is 27.7.